The minimum atomic E-state index is -0.441. The highest BCUT2D eigenvalue weighted by Gasteiger charge is 2.04. The molecule has 58 valence electrons. The molecule has 0 aliphatic rings. The van der Waals surface area contributed by atoms with E-state index in [1.807, 2.05) is 0 Å². The van der Waals surface area contributed by atoms with Crippen molar-refractivity contribution in [3.05, 3.63) is 12.7 Å². The fraction of sp³-hybridized carbons (Fsp3) is 0.500. The zero-order valence-electron chi connectivity index (χ0n) is 5.76. The molecule has 1 N–H and O–H groups in total. The van der Waals surface area contributed by atoms with E-state index in [1.54, 1.807) is 6.08 Å². The molecule has 10 heavy (non-hydrogen) atoms. The second-order valence-corrected chi connectivity index (χ2v) is 2.73. The Balaban J connectivity index is 3.46. The van der Waals surface area contributed by atoms with E-state index in [9.17, 15) is 4.79 Å². The van der Waals surface area contributed by atoms with Crippen LogP contribution in [0.2, 0.25) is 0 Å². The first-order valence-electron chi connectivity index (χ1n) is 2.80. The summed E-state index contributed by atoms with van der Waals surface area (Å²) in [6.45, 7) is 3.51. The molecule has 1 amide bonds. The molecular formula is C6H10BrNO2. The van der Waals surface area contributed by atoms with Crippen molar-refractivity contribution in [3.63, 3.8) is 0 Å². The average Bonchev–Trinajstić information content (AvgIpc) is 1.88. The van der Waals surface area contributed by atoms with Crippen molar-refractivity contribution >= 4 is 22.0 Å². The number of hydrogen-bond acceptors (Lipinski definition) is 2. The maximum atomic E-state index is 10.5. The zero-order valence-corrected chi connectivity index (χ0v) is 7.35. The Morgan fingerprint density at radius 1 is 2.00 bits per heavy atom. The van der Waals surface area contributed by atoms with Gasteiger partial charge in [0.15, 0.2) is 0 Å². The predicted octanol–water partition coefficient (Wildman–Crippen LogP) is 1.64. The highest BCUT2D eigenvalue weighted by molar-refractivity contribution is 9.09. The normalized spacial score (nSPS) is 11.8. The summed E-state index contributed by atoms with van der Waals surface area (Å²) in [6, 6.07) is 0. The Morgan fingerprint density at radius 2 is 2.60 bits per heavy atom. The number of rotatable bonds is 3. The standard InChI is InChI=1S/C6H10BrNO2/c1-3-4-5(7)8-6(9)10-2/h3,5H,1,4H2,2H3,(H,8,9). The Kier molecular flexibility index (Phi) is 5.02. The minimum Gasteiger partial charge on any atom is -0.453 e. The number of halogens is 1. The third-order valence-corrected chi connectivity index (χ3v) is 1.44. The second kappa shape index (κ2) is 5.29. The van der Waals surface area contributed by atoms with Crippen molar-refractivity contribution in [1.82, 2.24) is 5.32 Å². The van der Waals surface area contributed by atoms with Crippen LogP contribution in [0.4, 0.5) is 4.79 Å². The van der Waals surface area contributed by atoms with Crippen molar-refractivity contribution < 1.29 is 9.53 Å². The Bertz CT molecular complexity index is 127. The topological polar surface area (TPSA) is 38.3 Å². The molecular weight excluding hydrogens is 198 g/mol. The highest BCUT2D eigenvalue weighted by atomic mass is 79.9. The van der Waals surface area contributed by atoms with E-state index in [0.29, 0.717) is 6.42 Å². The molecule has 0 aliphatic carbocycles. The van der Waals surface area contributed by atoms with Crippen molar-refractivity contribution in [2.45, 2.75) is 11.4 Å². The number of amides is 1. The van der Waals surface area contributed by atoms with E-state index < -0.39 is 6.09 Å². The van der Waals surface area contributed by atoms with Gasteiger partial charge in [0.25, 0.3) is 0 Å². The van der Waals surface area contributed by atoms with Crippen LogP contribution in [0.25, 0.3) is 0 Å². The molecule has 0 aromatic carbocycles. The number of methoxy groups -OCH3 is 1. The molecule has 0 spiro atoms. The van der Waals surface area contributed by atoms with E-state index in [1.165, 1.54) is 7.11 Å². The number of ether oxygens (including phenoxy) is 1. The van der Waals surface area contributed by atoms with Crippen LogP contribution in [0.5, 0.6) is 0 Å². The summed E-state index contributed by atoms with van der Waals surface area (Å²) >= 11 is 3.20. The van der Waals surface area contributed by atoms with Gasteiger partial charge in [0, 0.05) is 0 Å². The lowest BCUT2D eigenvalue weighted by molar-refractivity contribution is 0.170. The first-order valence-corrected chi connectivity index (χ1v) is 3.71. The Hall–Kier alpha value is -0.510. The average molecular weight is 208 g/mol. The smallest absolute Gasteiger partial charge is 0.407 e. The summed E-state index contributed by atoms with van der Waals surface area (Å²) in [5.74, 6) is 0. The zero-order chi connectivity index (χ0) is 7.98. The van der Waals surface area contributed by atoms with E-state index in [4.69, 9.17) is 0 Å². The lowest BCUT2D eigenvalue weighted by Gasteiger charge is -2.07. The van der Waals surface area contributed by atoms with Crippen molar-refractivity contribution in [2.24, 2.45) is 0 Å². The van der Waals surface area contributed by atoms with Gasteiger partial charge in [0.1, 0.15) is 0 Å². The van der Waals surface area contributed by atoms with E-state index in [-0.39, 0.29) is 4.95 Å². The summed E-state index contributed by atoms with van der Waals surface area (Å²) in [6.07, 6.45) is 1.94. The van der Waals surface area contributed by atoms with Gasteiger partial charge >= 0.3 is 6.09 Å². The monoisotopic (exact) mass is 207 g/mol. The quantitative estimate of drug-likeness (QED) is 0.435. The number of hydrogen-bond donors (Lipinski definition) is 1. The van der Waals surface area contributed by atoms with Crippen molar-refractivity contribution in [2.75, 3.05) is 7.11 Å². The maximum Gasteiger partial charge on any atom is 0.407 e. The fourth-order valence-electron chi connectivity index (χ4n) is 0.392. The first-order chi connectivity index (χ1) is 4.70. The van der Waals surface area contributed by atoms with Gasteiger partial charge in [-0.25, -0.2) is 4.79 Å². The van der Waals surface area contributed by atoms with Gasteiger partial charge in [-0.3, -0.25) is 0 Å². The number of alkyl halides is 1. The number of alkyl carbamates (subject to hydrolysis) is 1. The van der Waals surface area contributed by atoms with Crippen LogP contribution in [0.3, 0.4) is 0 Å². The van der Waals surface area contributed by atoms with Gasteiger partial charge in [-0.1, -0.05) is 22.0 Å². The molecule has 0 rings (SSSR count). The van der Waals surface area contributed by atoms with Gasteiger partial charge < -0.3 is 10.1 Å². The third-order valence-electron chi connectivity index (χ3n) is 0.833. The van der Waals surface area contributed by atoms with Crippen LogP contribution in [0, 0.1) is 0 Å². The van der Waals surface area contributed by atoms with E-state index >= 15 is 0 Å². The van der Waals surface area contributed by atoms with Crippen molar-refractivity contribution in [3.8, 4) is 0 Å². The van der Waals surface area contributed by atoms with Crippen LogP contribution in [0.1, 0.15) is 6.42 Å². The number of carbonyl (C=O) groups excluding carboxylic acids is 1. The van der Waals surface area contributed by atoms with E-state index in [2.05, 4.69) is 32.6 Å². The molecule has 0 aliphatic heterocycles. The Labute approximate surface area is 68.6 Å². The Morgan fingerprint density at radius 3 is 3.00 bits per heavy atom. The summed E-state index contributed by atoms with van der Waals surface area (Å²) in [5.41, 5.74) is 0. The highest BCUT2D eigenvalue weighted by Crippen LogP contribution is 2.00. The van der Waals surface area contributed by atoms with Crippen LogP contribution >= 0.6 is 15.9 Å². The summed E-state index contributed by atoms with van der Waals surface area (Å²) in [4.78, 5) is 10.4. The molecule has 1 atom stereocenters. The van der Waals surface area contributed by atoms with Crippen LogP contribution < -0.4 is 5.32 Å². The lowest BCUT2D eigenvalue weighted by atomic mass is 10.4. The van der Waals surface area contributed by atoms with E-state index in [0.717, 1.165) is 0 Å². The molecule has 0 aromatic rings. The summed E-state index contributed by atoms with van der Waals surface area (Å²) in [7, 11) is 1.32. The van der Waals surface area contributed by atoms with Crippen LogP contribution in [-0.2, 0) is 4.74 Å². The number of carbonyl (C=O) groups is 1. The molecule has 3 nitrogen and oxygen atoms in total. The first kappa shape index (κ1) is 9.49. The maximum absolute atomic E-state index is 10.5. The third kappa shape index (κ3) is 4.38. The van der Waals surface area contributed by atoms with Gasteiger partial charge in [-0.15, -0.1) is 6.58 Å². The number of nitrogens with one attached hydrogen (secondary N) is 1. The van der Waals surface area contributed by atoms with Crippen molar-refractivity contribution in [1.29, 1.82) is 0 Å². The molecule has 1 unspecified atom stereocenters. The molecule has 4 heteroatoms. The van der Waals surface area contributed by atoms with Gasteiger partial charge in [-0.2, -0.15) is 0 Å². The molecule has 0 radical (unpaired) electrons. The molecule has 0 fully saturated rings. The van der Waals surface area contributed by atoms with Crippen LogP contribution in [0.15, 0.2) is 12.7 Å². The molecule has 0 aromatic heterocycles. The predicted molar refractivity (Wildman–Crippen MR) is 43.1 cm³/mol. The molecule has 0 heterocycles. The summed E-state index contributed by atoms with van der Waals surface area (Å²) < 4.78 is 4.35. The molecule has 0 bridgehead atoms. The van der Waals surface area contributed by atoms with Crippen LogP contribution in [-0.4, -0.2) is 18.2 Å². The SMILES string of the molecule is C=CCC(Br)NC(=O)OC. The van der Waals surface area contributed by atoms with Gasteiger partial charge in [-0.05, 0) is 6.42 Å². The summed E-state index contributed by atoms with van der Waals surface area (Å²) in [5, 5.41) is 2.51. The second-order valence-electron chi connectivity index (χ2n) is 1.63. The fourth-order valence-corrected chi connectivity index (χ4v) is 0.843. The van der Waals surface area contributed by atoms with Gasteiger partial charge in [0.2, 0.25) is 0 Å². The molecule has 0 saturated heterocycles. The molecule has 0 saturated carbocycles. The minimum absolute atomic E-state index is 0.0857. The van der Waals surface area contributed by atoms with Gasteiger partial charge in [0.05, 0.1) is 12.1 Å². The largest absolute Gasteiger partial charge is 0.453 e. The lowest BCUT2D eigenvalue weighted by Crippen LogP contribution is -2.29.